The number of nitriles is 1. The second-order valence-electron chi connectivity index (χ2n) is 5.00. The second-order valence-corrected chi connectivity index (χ2v) is 7.26. The summed E-state index contributed by atoms with van der Waals surface area (Å²) < 4.78 is 22.4. The minimum absolute atomic E-state index is 0.0868. The van der Waals surface area contributed by atoms with Gasteiger partial charge in [0.15, 0.2) is 0 Å². The summed E-state index contributed by atoms with van der Waals surface area (Å²) >= 11 is 0. The Labute approximate surface area is 121 Å². The quantitative estimate of drug-likeness (QED) is 0.797. The molecule has 0 aliphatic rings. The molecular weight excluding hydrogens is 274 g/mol. The summed E-state index contributed by atoms with van der Waals surface area (Å²) in [5.41, 5.74) is 0.0317. The zero-order valence-corrected chi connectivity index (χ0v) is 12.9. The molecule has 1 atom stereocenters. The second kappa shape index (κ2) is 6.84. The van der Waals surface area contributed by atoms with Gasteiger partial charge in [-0.05, 0) is 19.7 Å². The lowest BCUT2D eigenvalue weighted by atomic mass is 9.91. The van der Waals surface area contributed by atoms with E-state index in [2.05, 4.69) is 11.4 Å². The van der Waals surface area contributed by atoms with Crippen molar-refractivity contribution in [3.05, 3.63) is 35.9 Å². The SMILES string of the molecule is CNC(C#N)(CN(C)CCS(C)(=O)=O)c1ccccc1. The van der Waals surface area contributed by atoms with Gasteiger partial charge in [0.2, 0.25) is 0 Å². The van der Waals surface area contributed by atoms with Crippen molar-refractivity contribution in [2.24, 2.45) is 0 Å². The Morgan fingerprint density at radius 2 is 1.95 bits per heavy atom. The van der Waals surface area contributed by atoms with Crippen LogP contribution in [0.1, 0.15) is 5.56 Å². The molecule has 1 rings (SSSR count). The van der Waals surface area contributed by atoms with Gasteiger partial charge in [-0.1, -0.05) is 30.3 Å². The molecule has 0 heterocycles. The first-order valence-electron chi connectivity index (χ1n) is 6.35. The first-order chi connectivity index (χ1) is 9.33. The van der Waals surface area contributed by atoms with Crippen molar-refractivity contribution in [2.75, 3.05) is 39.2 Å². The standard InChI is InChI=1S/C14H21N3O2S/c1-16-14(11-15,13-7-5-4-6-8-13)12-17(2)9-10-20(3,18)19/h4-8,16H,9-10,12H2,1-3H3. The third-order valence-electron chi connectivity index (χ3n) is 3.24. The Balaban J connectivity index is 2.86. The van der Waals surface area contributed by atoms with E-state index < -0.39 is 15.4 Å². The fraction of sp³-hybridized carbons (Fsp3) is 0.500. The molecule has 1 N–H and O–H groups in total. The van der Waals surface area contributed by atoms with Crippen LogP contribution in [-0.2, 0) is 15.4 Å². The number of benzene rings is 1. The van der Waals surface area contributed by atoms with Crippen LogP contribution in [0.3, 0.4) is 0 Å². The van der Waals surface area contributed by atoms with E-state index >= 15 is 0 Å². The van der Waals surface area contributed by atoms with Crippen LogP contribution in [-0.4, -0.2) is 52.5 Å². The molecule has 0 saturated heterocycles. The number of sulfone groups is 1. The van der Waals surface area contributed by atoms with E-state index in [1.165, 1.54) is 6.26 Å². The molecule has 20 heavy (non-hydrogen) atoms. The number of nitrogens with zero attached hydrogens (tertiary/aromatic N) is 2. The molecule has 0 radical (unpaired) electrons. The van der Waals surface area contributed by atoms with Crippen LogP contribution in [0.4, 0.5) is 0 Å². The molecule has 5 nitrogen and oxygen atoms in total. The highest BCUT2D eigenvalue weighted by molar-refractivity contribution is 7.90. The van der Waals surface area contributed by atoms with Crippen molar-refractivity contribution in [3.63, 3.8) is 0 Å². The average molecular weight is 295 g/mol. The first kappa shape index (κ1) is 16.6. The Bertz CT molecular complexity index is 566. The Morgan fingerprint density at radius 1 is 1.35 bits per heavy atom. The van der Waals surface area contributed by atoms with E-state index in [-0.39, 0.29) is 5.75 Å². The Morgan fingerprint density at radius 3 is 2.40 bits per heavy atom. The smallest absolute Gasteiger partial charge is 0.148 e. The van der Waals surface area contributed by atoms with E-state index in [1.54, 1.807) is 7.05 Å². The number of nitrogens with one attached hydrogen (secondary N) is 1. The summed E-state index contributed by atoms with van der Waals surface area (Å²) in [5.74, 6) is 0.0868. The van der Waals surface area contributed by atoms with Crippen molar-refractivity contribution in [1.82, 2.24) is 10.2 Å². The molecule has 1 unspecified atom stereocenters. The summed E-state index contributed by atoms with van der Waals surface area (Å²) in [4.78, 5) is 1.85. The van der Waals surface area contributed by atoms with E-state index in [0.29, 0.717) is 13.1 Å². The predicted molar refractivity (Wildman–Crippen MR) is 80.0 cm³/mol. The summed E-state index contributed by atoms with van der Waals surface area (Å²) in [7, 11) is 0.556. The number of hydrogen-bond donors (Lipinski definition) is 1. The van der Waals surface area contributed by atoms with E-state index in [4.69, 9.17) is 0 Å². The van der Waals surface area contributed by atoms with Crippen LogP contribution >= 0.6 is 0 Å². The lowest BCUT2D eigenvalue weighted by Crippen LogP contribution is -2.48. The van der Waals surface area contributed by atoms with Crippen LogP contribution in [0, 0.1) is 11.3 Å². The van der Waals surface area contributed by atoms with Crippen LogP contribution in [0.25, 0.3) is 0 Å². The van der Waals surface area contributed by atoms with Crippen molar-refractivity contribution in [2.45, 2.75) is 5.54 Å². The molecule has 0 fully saturated rings. The van der Waals surface area contributed by atoms with Crippen LogP contribution in [0.15, 0.2) is 30.3 Å². The highest BCUT2D eigenvalue weighted by Gasteiger charge is 2.31. The van der Waals surface area contributed by atoms with Gasteiger partial charge < -0.3 is 4.90 Å². The Kier molecular flexibility index (Phi) is 5.69. The van der Waals surface area contributed by atoms with Gasteiger partial charge in [0, 0.05) is 19.3 Å². The highest BCUT2D eigenvalue weighted by Crippen LogP contribution is 2.20. The van der Waals surface area contributed by atoms with Crippen molar-refractivity contribution >= 4 is 9.84 Å². The third-order valence-corrected chi connectivity index (χ3v) is 4.16. The molecule has 1 aromatic rings. The van der Waals surface area contributed by atoms with Gasteiger partial charge in [0.25, 0.3) is 0 Å². The summed E-state index contributed by atoms with van der Waals surface area (Å²) in [6, 6.07) is 11.8. The fourth-order valence-corrected chi connectivity index (χ4v) is 2.64. The minimum Gasteiger partial charge on any atom is -0.302 e. The maximum Gasteiger partial charge on any atom is 0.148 e. The van der Waals surface area contributed by atoms with Gasteiger partial charge in [-0.2, -0.15) is 5.26 Å². The zero-order chi connectivity index (χ0) is 15.2. The lowest BCUT2D eigenvalue weighted by molar-refractivity contribution is 0.269. The van der Waals surface area contributed by atoms with Gasteiger partial charge in [0.1, 0.15) is 15.4 Å². The minimum atomic E-state index is -3.00. The summed E-state index contributed by atoms with van der Waals surface area (Å²) in [5, 5.41) is 12.6. The van der Waals surface area contributed by atoms with Gasteiger partial charge in [-0.25, -0.2) is 8.42 Å². The zero-order valence-electron chi connectivity index (χ0n) is 12.1. The molecule has 0 amide bonds. The van der Waals surface area contributed by atoms with E-state index in [9.17, 15) is 13.7 Å². The van der Waals surface area contributed by atoms with Crippen LogP contribution < -0.4 is 5.32 Å². The highest BCUT2D eigenvalue weighted by atomic mass is 32.2. The van der Waals surface area contributed by atoms with Gasteiger partial charge >= 0.3 is 0 Å². The normalized spacial score (nSPS) is 14.8. The molecule has 0 saturated carbocycles. The molecule has 1 aromatic carbocycles. The van der Waals surface area contributed by atoms with Crippen molar-refractivity contribution < 1.29 is 8.42 Å². The van der Waals surface area contributed by atoms with E-state index in [0.717, 1.165) is 5.56 Å². The number of hydrogen-bond acceptors (Lipinski definition) is 5. The third kappa shape index (κ3) is 4.60. The molecular formula is C14H21N3O2S. The molecule has 110 valence electrons. The van der Waals surface area contributed by atoms with E-state index in [1.807, 2.05) is 42.3 Å². The summed E-state index contributed by atoms with van der Waals surface area (Å²) in [6.45, 7) is 0.816. The predicted octanol–water partition coefficient (Wildman–Crippen LogP) is 0.601. The molecule has 0 spiro atoms. The van der Waals surface area contributed by atoms with Gasteiger partial charge in [-0.3, -0.25) is 5.32 Å². The average Bonchev–Trinajstić information content (AvgIpc) is 2.43. The maximum absolute atomic E-state index is 11.2. The fourth-order valence-electron chi connectivity index (χ4n) is 2.00. The lowest BCUT2D eigenvalue weighted by Gasteiger charge is -2.31. The number of likely N-dealkylation sites (N-methyl/N-ethyl adjacent to an activating group) is 2. The Hall–Kier alpha value is -1.42. The van der Waals surface area contributed by atoms with Gasteiger partial charge in [0.05, 0.1) is 11.8 Å². The topological polar surface area (TPSA) is 73.2 Å². The van der Waals surface area contributed by atoms with Crippen molar-refractivity contribution in [1.29, 1.82) is 5.26 Å². The molecule has 6 heteroatoms. The number of rotatable bonds is 7. The molecule has 0 bridgehead atoms. The monoisotopic (exact) mass is 295 g/mol. The van der Waals surface area contributed by atoms with Crippen LogP contribution in [0.5, 0.6) is 0 Å². The molecule has 0 aliphatic carbocycles. The van der Waals surface area contributed by atoms with Crippen LogP contribution in [0.2, 0.25) is 0 Å². The molecule has 0 aromatic heterocycles. The summed E-state index contributed by atoms with van der Waals surface area (Å²) in [6.07, 6.45) is 1.22. The largest absolute Gasteiger partial charge is 0.302 e. The maximum atomic E-state index is 11.2. The van der Waals surface area contributed by atoms with Crippen molar-refractivity contribution in [3.8, 4) is 6.07 Å². The first-order valence-corrected chi connectivity index (χ1v) is 8.41. The molecule has 0 aliphatic heterocycles. The van der Waals surface area contributed by atoms with Gasteiger partial charge in [-0.15, -0.1) is 0 Å².